The monoisotopic (exact) mass is 426 g/mol. The molecule has 0 radical (unpaired) electrons. The van der Waals surface area contributed by atoms with E-state index < -0.39 is 11.8 Å². The summed E-state index contributed by atoms with van der Waals surface area (Å²) in [7, 11) is 0. The lowest BCUT2D eigenvalue weighted by atomic mass is 10.2. The highest BCUT2D eigenvalue weighted by Crippen LogP contribution is 2.16. The zero-order chi connectivity index (χ0) is 22.5. The third-order valence-electron chi connectivity index (χ3n) is 3.82. The van der Waals surface area contributed by atoms with Crippen molar-refractivity contribution in [1.82, 2.24) is 10.7 Å². The molecule has 31 heavy (non-hydrogen) atoms. The first-order valence-electron chi connectivity index (χ1n) is 9.88. The van der Waals surface area contributed by atoms with Crippen LogP contribution in [0.2, 0.25) is 0 Å². The Morgan fingerprint density at radius 2 is 1.55 bits per heavy atom. The van der Waals surface area contributed by atoms with E-state index in [4.69, 9.17) is 9.47 Å². The molecule has 2 aromatic carbocycles. The highest BCUT2D eigenvalue weighted by molar-refractivity contribution is 6.35. The molecule has 0 spiro atoms. The van der Waals surface area contributed by atoms with Crippen LogP contribution in [0.1, 0.15) is 25.8 Å². The van der Waals surface area contributed by atoms with Gasteiger partial charge in [-0.05, 0) is 67.4 Å². The first kappa shape index (κ1) is 23.4. The van der Waals surface area contributed by atoms with E-state index in [-0.39, 0.29) is 12.5 Å². The quantitative estimate of drug-likeness (QED) is 0.305. The fraction of sp³-hybridized carbons (Fsp3) is 0.273. The molecule has 9 heteroatoms. The van der Waals surface area contributed by atoms with Gasteiger partial charge in [-0.3, -0.25) is 14.4 Å². The van der Waals surface area contributed by atoms with E-state index in [2.05, 4.69) is 21.2 Å². The van der Waals surface area contributed by atoms with Crippen molar-refractivity contribution < 1.29 is 23.9 Å². The van der Waals surface area contributed by atoms with Gasteiger partial charge in [0.1, 0.15) is 11.5 Å². The highest BCUT2D eigenvalue weighted by atomic mass is 16.5. The number of carbonyl (C=O) groups is 3. The van der Waals surface area contributed by atoms with E-state index in [0.29, 0.717) is 30.2 Å². The predicted molar refractivity (Wildman–Crippen MR) is 117 cm³/mol. The molecule has 0 fully saturated rings. The van der Waals surface area contributed by atoms with Gasteiger partial charge in [0.15, 0.2) is 6.61 Å². The fourth-order valence-electron chi connectivity index (χ4n) is 2.33. The summed E-state index contributed by atoms with van der Waals surface area (Å²) in [6.45, 7) is 4.64. The molecule has 0 atom stereocenters. The van der Waals surface area contributed by atoms with E-state index in [1.165, 1.54) is 6.21 Å². The van der Waals surface area contributed by atoms with Crippen molar-refractivity contribution in [3.63, 3.8) is 0 Å². The Labute approximate surface area is 180 Å². The molecule has 0 aliphatic heterocycles. The number of hydrazone groups is 1. The third kappa shape index (κ3) is 8.57. The maximum atomic E-state index is 12.0. The largest absolute Gasteiger partial charge is 0.494 e. The number of ether oxygens (including phenoxy) is 2. The van der Waals surface area contributed by atoms with Crippen LogP contribution >= 0.6 is 0 Å². The van der Waals surface area contributed by atoms with Crippen molar-refractivity contribution in [2.24, 2.45) is 5.10 Å². The van der Waals surface area contributed by atoms with Crippen LogP contribution in [0.4, 0.5) is 5.69 Å². The summed E-state index contributed by atoms with van der Waals surface area (Å²) >= 11 is 0. The normalized spacial score (nSPS) is 10.4. The van der Waals surface area contributed by atoms with Crippen molar-refractivity contribution in [2.45, 2.75) is 20.3 Å². The number of amides is 3. The number of carbonyl (C=O) groups excluding carboxylic acids is 3. The topological polar surface area (TPSA) is 118 Å². The van der Waals surface area contributed by atoms with E-state index >= 15 is 0 Å². The fourth-order valence-corrected chi connectivity index (χ4v) is 2.33. The van der Waals surface area contributed by atoms with E-state index in [0.717, 1.165) is 12.2 Å². The average Bonchev–Trinajstić information content (AvgIpc) is 2.78. The Bertz CT molecular complexity index is 895. The molecule has 9 nitrogen and oxygen atoms in total. The maximum absolute atomic E-state index is 12.0. The van der Waals surface area contributed by atoms with Gasteiger partial charge in [0.05, 0.1) is 12.8 Å². The zero-order valence-corrected chi connectivity index (χ0v) is 17.5. The molecule has 3 N–H and O–H groups in total. The number of hydrogen-bond acceptors (Lipinski definition) is 6. The van der Waals surface area contributed by atoms with Gasteiger partial charge in [0.25, 0.3) is 5.91 Å². The second-order valence-electron chi connectivity index (χ2n) is 6.32. The number of nitrogens with zero attached hydrogens (tertiary/aromatic N) is 1. The smallest absolute Gasteiger partial charge is 0.329 e. The Kier molecular flexibility index (Phi) is 9.54. The summed E-state index contributed by atoms with van der Waals surface area (Å²) in [6.07, 6.45) is 2.13. The lowest BCUT2D eigenvalue weighted by Gasteiger charge is -2.08. The third-order valence-corrected chi connectivity index (χ3v) is 3.82. The van der Waals surface area contributed by atoms with E-state index in [1.54, 1.807) is 48.5 Å². The van der Waals surface area contributed by atoms with Gasteiger partial charge < -0.3 is 20.1 Å². The number of hydrogen-bond donors (Lipinski definition) is 3. The molecule has 0 aliphatic rings. The lowest BCUT2D eigenvalue weighted by molar-refractivity contribution is -0.139. The number of rotatable bonds is 10. The van der Waals surface area contributed by atoms with Crippen LogP contribution in [0.15, 0.2) is 53.6 Å². The van der Waals surface area contributed by atoms with Gasteiger partial charge in [-0.15, -0.1) is 0 Å². The van der Waals surface area contributed by atoms with Crippen LogP contribution in [-0.4, -0.2) is 43.7 Å². The molecule has 0 unspecified atom stereocenters. The van der Waals surface area contributed by atoms with Crippen LogP contribution in [0.25, 0.3) is 0 Å². The lowest BCUT2D eigenvalue weighted by Crippen LogP contribution is -2.38. The van der Waals surface area contributed by atoms with Crippen molar-refractivity contribution >= 4 is 29.6 Å². The van der Waals surface area contributed by atoms with Crippen LogP contribution in [-0.2, 0) is 14.4 Å². The molecular formula is C22H26N4O5. The molecule has 0 aromatic heterocycles. The van der Waals surface area contributed by atoms with Gasteiger partial charge in [-0.2, -0.15) is 5.10 Å². The minimum Gasteiger partial charge on any atom is -0.494 e. The summed E-state index contributed by atoms with van der Waals surface area (Å²) in [4.78, 5) is 35.0. The molecule has 0 aliphatic carbocycles. The maximum Gasteiger partial charge on any atom is 0.329 e. The van der Waals surface area contributed by atoms with Gasteiger partial charge in [-0.25, -0.2) is 5.43 Å². The van der Waals surface area contributed by atoms with Crippen molar-refractivity contribution in [2.75, 3.05) is 25.1 Å². The number of nitrogens with one attached hydrogen (secondary N) is 3. The standard InChI is InChI=1S/C22H26N4O5/c1-3-13-23-21(28)22(29)26-24-14-16-5-9-19(10-6-16)31-15-20(27)25-17-7-11-18(12-8-17)30-4-2/h5-12,14H,3-4,13,15H2,1-2H3,(H,23,28)(H,25,27)(H,26,29)/b24-14-. The van der Waals surface area contributed by atoms with Gasteiger partial charge in [0.2, 0.25) is 0 Å². The first-order valence-corrected chi connectivity index (χ1v) is 9.88. The Balaban J connectivity index is 1.75. The minimum atomic E-state index is -0.830. The van der Waals surface area contributed by atoms with Crippen LogP contribution < -0.4 is 25.5 Å². The predicted octanol–water partition coefficient (Wildman–Crippen LogP) is 2.08. The molecule has 0 bridgehead atoms. The molecule has 0 saturated carbocycles. The highest BCUT2D eigenvalue weighted by Gasteiger charge is 2.10. The average molecular weight is 426 g/mol. The van der Waals surface area contributed by atoms with Crippen molar-refractivity contribution in [3.8, 4) is 11.5 Å². The minimum absolute atomic E-state index is 0.149. The summed E-state index contributed by atoms with van der Waals surface area (Å²) < 4.78 is 10.8. The van der Waals surface area contributed by atoms with Crippen LogP contribution in [0, 0.1) is 0 Å². The summed E-state index contributed by atoms with van der Waals surface area (Å²) in [6, 6.07) is 13.8. The molecule has 0 heterocycles. The van der Waals surface area contributed by atoms with Crippen LogP contribution in [0.3, 0.4) is 0 Å². The molecule has 164 valence electrons. The summed E-state index contributed by atoms with van der Waals surface area (Å²) in [5.74, 6) is -0.616. The van der Waals surface area contributed by atoms with E-state index in [9.17, 15) is 14.4 Å². The SMILES string of the molecule is CCCNC(=O)C(=O)N/N=C\c1ccc(OCC(=O)Nc2ccc(OCC)cc2)cc1. The second kappa shape index (κ2) is 12.6. The van der Waals surface area contributed by atoms with Gasteiger partial charge >= 0.3 is 11.8 Å². The van der Waals surface area contributed by atoms with Crippen molar-refractivity contribution in [3.05, 3.63) is 54.1 Å². The Morgan fingerprint density at radius 1 is 0.903 bits per heavy atom. The molecule has 2 rings (SSSR count). The first-order chi connectivity index (χ1) is 15.0. The summed E-state index contributed by atoms with van der Waals surface area (Å²) in [5.41, 5.74) is 3.48. The Morgan fingerprint density at radius 3 is 2.19 bits per heavy atom. The van der Waals surface area contributed by atoms with Gasteiger partial charge in [0, 0.05) is 12.2 Å². The number of anilines is 1. The second-order valence-corrected chi connectivity index (χ2v) is 6.32. The summed E-state index contributed by atoms with van der Waals surface area (Å²) in [5, 5.41) is 8.93. The van der Waals surface area contributed by atoms with Crippen molar-refractivity contribution in [1.29, 1.82) is 0 Å². The van der Waals surface area contributed by atoms with Gasteiger partial charge in [-0.1, -0.05) is 6.92 Å². The molecule has 3 amide bonds. The number of benzene rings is 2. The molecule has 0 saturated heterocycles. The van der Waals surface area contributed by atoms with Crippen LogP contribution in [0.5, 0.6) is 11.5 Å². The molecule has 2 aromatic rings. The molecular weight excluding hydrogens is 400 g/mol. The zero-order valence-electron chi connectivity index (χ0n) is 17.5. The Hall–Kier alpha value is -3.88. The van der Waals surface area contributed by atoms with E-state index in [1.807, 2.05) is 13.8 Å².